The van der Waals surface area contributed by atoms with Gasteiger partial charge in [0.05, 0.1) is 6.61 Å². The van der Waals surface area contributed by atoms with Crippen LogP contribution in [0.4, 0.5) is 4.39 Å². The molecular weight excluding hydrogens is 349 g/mol. The van der Waals surface area contributed by atoms with Gasteiger partial charge in [-0.05, 0) is 56.4 Å². The molecule has 0 spiro atoms. The molecule has 0 radical (unpaired) electrons. The van der Waals surface area contributed by atoms with Crippen LogP contribution in [0.3, 0.4) is 0 Å². The van der Waals surface area contributed by atoms with Gasteiger partial charge in [0.1, 0.15) is 17.5 Å². The first-order valence-electron chi connectivity index (χ1n) is 10.3. The molecule has 1 aliphatic carbocycles. The Balaban J connectivity index is 1.87. The number of rotatable bonds is 8. The molecule has 0 bridgehead atoms. The van der Waals surface area contributed by atoms with E-state index in [-0.39, 0.29) is 17.9 Å². The van der Waals surface area contributed by atoms with Crippen LogP contribution in [0.1, 0.15) is 65.2 Å². The number of hydrogen-bond donors (Lipinski definition) is 4. The summed E-state index contributed by atoms with van der Waals surface area (Å²) in [4.78, 5) is 12.4. The molecule has 3 unspecified atom stereocenters. The number of ether oxygens (including phenoxy) is 1. The summed E-state index contributed by atoms with van der Waals surface area (Å²) < 4.78 is 20.9. The number of carbonyl (C=O) groups is 1. The maximum Gasteiger partial charge on any atom is 0.323 e. The van der Waals surface area contributed by atoms with E-state index in [1.165, 1.54) is 0 Å². The van der Waals surface area contributed by atoms with Crippen LogP contribution in [0.2, 0.25) is 0 Å². The summed E-state index contributed by atoms with van der Waals surface area (Å²) in [5, 5.41) is 6.84. The molecule has 2 rings (SSSR count). The molecule has 0 aromatic heterocycles. The second-order valence-electron chi connectivity index (χ2n) is 8.14. The van der Waals surface area contributed by atoms with E-state index in [1.54, 1.807) is 0 Å². The molecule has 1 saturated heterocycles. The minimum atomic E-state index is -1.25. The molecule has 2 fully saturated rings. The highest BCUT2D eigenvalue weighted by atomic mass is 19.1. The van der Waals surface area contributed by atoms with Crippen molar-refractivity contribution in [3.8, 4) is 0 Å². The normalized spacial score (nSPS) is 31.4. The minimum absolute atomic E-state index is 0.194. The fourth-order valence-corrected chi connectivity index (χ4v) is 4.39. The zero-order valence-electron chi connectivity index (χ0n) is 16.7. The standard InChI is InChI=1S/C19H36FN5O2/c1-3-13(4-2)12-27-18(26)16-9-15-10-19(20,7-5-14(15)11-23-16)8-6-17(24-21)25-22/h13-16,23H,3-12,21-22H2,1-2H3,(H,24,25)/t14?,15?,16?,19-/m0/s1. The van der Waals surface area contributed by atoms with Crippen molar-refractivity contribution in [2.45, 2.75) is 76.9 Å². The maximum atomic E-state index is 15.3. The molecule has 1 saturated carbocycles. The SMILES string of the molecule is CCC(CC)COC(=O)C1CC2C[C@@](F)(CC/C(=N/N)NN)CCC2CN1. The smallest absolute Gasteiger partial charge is 0.323 e. The molecule has 0 amide bonds. The van der Waals surface area contributed by atoms with Crippen LogP contribution in [0.15, 0.2) is 5.10 Å². The summed E-state index contributed by atoms with van der Waals surface area (Å²) >= 11 is 0. The molecule has 7 nitrogen and oxygen atoms in total. The van der Waals surface area contributed by atoms with Gasteiger partial charge in [0.15, 0.2) is 0 Å². The topological polar surface area (TPSA) is 115 Å². The number of nitrogens with two attached hydrogens (primary N) is 2. The van der Waals surface area contributed by atoms with Crippen molar-refractivity contribution in [1.29, 1.82) is 0 Å². The van der Waals surface area contributed by atoms with Crippen molar-refractivity contribution in [3.63, 3.8) is 0 Å². The number of carbonyl (C=O) groups excluding carboxylic acids is 1. The van der Waals surface area contributed by atoms with E-state index in [0.717, 1.165) is 25.8 Å². The Bertz CT molecular complexity index is 514. The lowest BCUT2D eigenvalue weighted by atomic mass is 9.67. The molecule has 2 aliphatic rings. The van der Waals surface area contributed by atoms with Crippen LogP contribution >= 0.6 is 0 Å². The van der Waals surface area contributed by atoms with Gasteiger partial charge in [-0.1, -0.05) is 26.7 Å². The van der Waals surface area contributed by atoms with Crippen molar-refractivity contribution in [3.05, 3.63) is 0 Å². The summed E-state index contributed by atoms with van der Waals surface area (Å²) in [6.45, 7) is 5.44. The van der Waals surface area contributed by atoms with Gasteiger partial charge in [0.25, 0.3) is 0 Å². The molecule has 6 N–H and O–H groups in total. The quantitative estimate of drug-likeness (QED) is 0.167. The molecule has 156 valence electrons. The number of fused-ring (bicyclic) bond motifs is 1. The number of hydrazine groups is 1. The minimum Gasteiger partial charge on any atom is -0.464 e. The Hall–Kier alpha value is -1.41. The highest BCUT2D eigenvalue weighted by Crippen LogP contribution is 2.44. The van der Waals surface area contributed by atoms with E-state index in [4.69, 9.17) is 16.4 Å². The van der Waals surface area contributed by atoms with Crippen molar-refractivity contribution < 1.29 is 13.9 Å². The molecule has 0 aromatic rings. The second-order valence-corrected chi connectivity index (χ2v) is 8.14. The van der Waals surface area contributed by atoms with Gasteiger partial charge in [-0.15, -0.1) is 0 Å². The third kappa shape index (κ3) is 6.04. The van der Waals surface area contributed by atoms with E-state index >= 15 is 4.39 Å². The predicted octanol–water partition coefficient (Wildman–Crippen LogP) is 1.97. The molecule has 1 heterocycles. The Labute approximate surface area is 161 Å². The van der Waals surface area contributed by atoms with Gasteiger partial charge < -0.3 is 21.3 Å². The highest BCUT2D eigenvalue weighted by Gasteiger charge is 2.44. The summed E-state index contributed by atoms with van der Waals surface area (Å²) in [5.74, 6) is 11.8. The number of esters is 1. The number of hydrazone groups is 1. The van der Waals surface area contributed by atoms with Crippen LogP contribution in [-0.4, -0.2) is 36.7 Å². The number of halogens is 1. The van der Waals surface area contributed by atoms with Crippen LogP contribution in [0.5, 0.6) is 0 Å². The van der Waals surface area contributed by atoms with Gasteiger partial charge in [-0.3, -0.25) is 4.79 Å². The number of amidine groups is 1. The lowest BCUT2D eigenvalue weighted by Gasteiger charge is -2.44. The van der Waals surface area contributed by atoms with Crippen LogP contribution in [0.25, 0.3) is 0 Å². The van der Waals surface area contributed by atoms with Gasteiger partial charge in [0, 0.05) is 6.42 Å². The first-order valence-corrected chi connectivity index (χ1v) is 10.3. The van der Waals surface area contributed by atoms with Crippen molar-refractivity contribution in [2.75, 3.05) is 13.2 Å². The maximum absolute atomic E-state index is 15.3. The lowest BCUT2D eigenvalue weighted by Crippen LogP contribution is -2.52. The fourth-order valence-electron chi connectivity index (χ4n) is 4.39. The molecule has 1 aliphatic heterocycles. The molecule has 4 atom stereocenters. The van der Waals surface area contributed by atoms with E-state index in [0.29, 0.717) is 56.4 Å². The van der Waals surface area contributed by atoms with E-state index in [1.807, 2.05) is 0 Å². The van der Waals surface area contributed by atoms with Crippen LogP contribution in [-0.2, 0) is 9.53 Å². The lowest BCUT2D eigenvalue weighted by molar-refractivity contribution is -0.149. The Morgan fingerprint density at radius 1 is 1.41 bits per heavy atom. The first kappa shape index (κ1) is 21.9. The Morgan fingerprint density at radius 3 is 2.78 bits per heavy atom. The largest absolute Gasteiger partial charge is 0.464 e. The molecular formula is C19H36FN5O2. The zero-order chi connectivity index (χ0) is 19.9. The molecule has 0 aromatic carbocycles. The van der Waals surface area contributed by atoms with Gasteiger partial charge >= 0.3 is 5.97 Å². The van der Waals surface area contributed by atoms with Crippen LogP contribution in [0, 0.1) is 17.8 Å². The summed E-state index contributed by atoms with van der Waals surface area (Å²) in [5.41, 5.74) is 1.15. The third-order valence-corrected chi connectivity index (χ3v) is 6.46. The van der Waals surface area contributed by atoms with Gasteiger partial charge in [0.2, 0.25) is 0 Å². The Kier molecular flexibility index (Phi) is 8.28. The third-order valence-electron chi connectivity index (χ3n) is 6.46. The fraction of sp³-hybridized carbons (Fsp3) is 0.895. The van der Waals surface area contributed by atoms with E-state index in [2.05, 4.69) is 29.7 Å². The highest BCUT2D eigenvalue weighted by molar-refractivity contribution is 5.81. The van der Waals surface area contributed by atoms with Crippen molar-refractivity contribution in [2.24, 2.45) is 34.5 Å². The second kappa shape index (κ2) is 10.2. The summed E-state index contributed by atoms with van der Waals surface area (Å²) in [7, 11) is 0. The molecule has 8 heteroatoms. The van der Waals surface area contributed by atoms with E-state index < -0.39 is 5.67 Å². The van der Waals surface area contributed by atoms with Crippen molar-refractivity contribution >= 4 is 11.8 Å². The zero-order valence-corrected chi connectivity index (χ0v) is 16.7. The van der Waals surface area contributed by atoms with E-state index in [9.17, 15) is 4.79 Å². The predicted molar refractivity (Wildman–Crippen MR) is 104 cm³/mol. The Morgan fingerprint density at radius 2 is 2.15 bits per heavy atom. The monoisotopic (exact) mass is 385 g/mol. The number of piperidine rings is 1. The number of hydrogen-bond acceptors (Lipinski definition) is 6. The van der Waals surface area contributed by atoms with Gasteiger partial charge in [-0.25, -0.2) is 10.2 Å². The number of nitrogens with zero attached hydrogens (tertiary/aromatic N) is 1. The van der Waals surface area contributed by atoms with Crippen LogP contribution < -0.4 is 22.4 Å². The van der Waals surface area contributed by atoms with Gasteiger partial charge in [-0.2, -0.15) is 5.10 Å². The average molecular weight is 386 g/mol. The average Bonchev–Trinajstić information content (AvgIpc) is 2.68. The number of alkyl halides is 1. The summed E-state index contributed by atoms with van der Waals surface area (Å²) in [6.07, 6.45) is 5.21. The summed E-state index contributed by atoms with van der Waals surface area (Å²) in [6, 6.07) is -0.324. The first-order chi connectivity index (χ1) is 12.9. The van der Waals surface area contributed by atoms with Crippen molar-refractivity contribution in [1.82, 2.24) is 10.7 Å². The molecule has 27 heavy (non-hydrogen) atoms. The number of nitrogens with one attached hydrogen (secondary N) is 2.